The maximum Gasteiger partial charge on any atom is 0.249 e. The van der Waals surface area contributed by atoms with Crippen LogP contribution in [0.15, 0.2) is 10.9 Å². The highest BCUT2D eigenvalue weighted by atomic mass is 32.1. The van der Waals surface area contributed by atoms with E-state index in [2.05, 4.69) is 17.2 Å². The van der Waals surface area contributed by atoms with E-state index >= 15 is 0 Å². The first-order chi connectivity index (χ1) is 9.69. The first-order valence-corrected chi connectivity index (χ1v) is 8.43. The lowest BCUT2D eigenvalue weighted by Gasteiger charge is -2.29. The topological polar surface area (TPSA) is 51.2 Å². The van der Waals surface area contributed by atoms with Gasteiger partial charge in [-0.25, -0.2) is 4.98 Å². The minimum atomic E-state index is -0.330. The van der Waals surface area contributed by atoms with Gasteiger partial charge in [0.1, 0.15) is 6.10 Å². The summed E-state index contributed by atoms with van der Waals surface area (Å²) in [5.41, 5.74) is 2.68. The summed E-state index contributed by atoms with van der Waals surface area (Å²) in [6.07, 6.45) is 5.29. The molecule has 0 spiro atoms. The van der Waals surface area contributed by atoms with Gasteiger partial charge in [0.15, 0.2) is 0 Å². The van der Waals surface area contributed by atoms with Crippen molar-refractivity contribution in [2.24, 2.45) is 5.92 Å². The van der Waals surface area contributed by atoms with E-state index in [1.54, 1.807) is 16.8 Å². The van der Waals surface area contributed by atoms with E-state index in [0.29, 0.717) is 18.9 Å². The molecule has 1 saturated carbocycles. The van der Waals surface area contributed by atoms with Crippen molar-refractivity contribution in [3.05, 3.63) is 16.6 Å². The molecule has 20 heavy (non-hydrogen) atoms. The number of nitrogens with zero attached hydrogens (tertiary/aromatic N) is 1. The highest BCUT2D eigenvalue weighted by Gasteiger charge is 2.25. The van der Waals surface area contributed by atoms with Crippen LogP contribution in [0.1, 0.15) is 51.6 Å². The molecule has 1 heterocycles. The molecule has 1 aliphatic rings. The third kappa shape index (κ3) is 4.56. The van der Waals surface area contributed by atoms with Crippen molar-refractivity contribution in [2.75, 3.05) is 0 Å². The van der Waals surface area contributed by atoms with Crippen molar-refractivity contribution in [1.29, 1.82) is 0 Å². The summed E-state index contributed by atoms with van der Waals surface area (Å²) in [6, 6.07) is 0. The van der Waals surface area contributed by atoms with Gasteiger partial charge in [-0.1, -0.05) is 26.7 Å². The van der Waals surface area contributed by atoms with Crippen molar-refractivity contribution in [3.8, 4) is 0 Å². The molecule has 0 radical (unpaired) electrons. The monoisotopic (exact) mass is 296 g/mol. The van der Waals surface area contributed by atoms with Crippen molar-refractivity contribution in [3.63, 3.8) is 0 Å². The van der Waals surface area contributed by atoms with Gasteiger partial charge in [-0.2, -0.15) is 0 Å². The molecule has 4 nitrogen and oxygen atoms in total. The Labute approximate surface area is 124 Å². The normalized spacial score (nSPS) is 24.3. The number of aromatic nitrogens is 1. The number of hydrogen-bond donors (Lipinski definition) is 1. The molecule has 1 aromatic heterocycles. The first-order valence-electron chi connectivity index (χ1n) is 7.49. The average molecular weight is 296 g/mol. The third-order valence-corrected chi connectivity index (χ3v) is 4.47. The quantitative estimate of drug-likeness (QED) is 0.877. The maximum atomic E-state index is 12.2. The lowest BCUT2D eigenvalue weighted by molar-refractivity contribution is -0.139. The molecular weight excluding hydrogens is 272 g/mol. The van der Waals surface area contributed by atoms with Gasteiger partial charge in [-0.3, -0.25) is 4.79 Å². The molecule has 1 aliphatic carbocycles. The summed E-state index contributed by atoms with van der Waals surface area (Å²) < 4.78 is 6.01. The van der Waals surface area contributed by atoms with Crippen molar-refractivity contribution in [1.82, 2.24) is 10.3 Å². The Morgan fingerprint density at radius 1 is 1.60 bits per heavy atom. The standard InChI is InChI=1S/C15H24N2O2S/c1-3-14(19-13-6-4-5-11(2)7-13)15(18)16-8-12-9-20-10-17-12/h9-11,13-14H,3-8H2,1-2H3,(H,16,18)/t11-,13-,14+/m1/s1. The zero-order valence-electron chi connectivity index (χ0n) is 12.3. The lowest BCUT2D eigenvalue weighted by Crippen LogP contribution is -2.39. The fourth-order valence-corrected chi connectivity index (χ4v) is 3.25. The highest BCUT2D eigenvalue weighted by Crippen LogP contribution is 2.26. The smallest absolute Gasteiger partial charge is 0.249 e. The van der Waals surface area contributed by atoms with Crippen molar-refractivity contribution >= 4 is 17.2 Å². The Bertz CT molecular complexity index is 408. The number of amides is 1. The Hall–Kier alpha value is -0.940. The summed E-state index contributed by atoms with van der Waals surface area (Å²) in [6.45, 7) is 4.75. The summed E-state index contributed by atoms with van der Waals surface area (Å²) in [7, 11) is 0. The van der Waals surface area contributed by atoms with Crippen LogP contribution < -0.4 is 5.32 Å². The Morgan fingerprint density at radius 2 is 2.45 bits per heavy atom. The summed E-state index contributed by atoms with van der Waals surface area (Å²) in [4.78, 5) is 16.3. The first kappa shape index (κ1) is 15.4. The third-order valence-electron chi connectivity index (χ3n) is 3.84. The van der Waals surface area contributed by atoms with Gasteiger partial charge in [0.2, 0.25) is 5.91 Å². The van der Waals surface area contributed by atoms with Gasteiger partial charge in [0.25, 0.3) is 0 Å². The molecule has 1 N–H and O–H groups in total. The zero-order valence-corrected chi connectivity index (χ0v) is 13.1. The molecule has 3 atom stereocenters. The van der Waals surface area contributed by atoms with Crippen LogP contribution in [0.25, 0.3) is 0 Å². The second-order valence-electron chi connectivity index (χ2n) is 5.62. The number of carbonyl (C=O) groups excluding carboxylic acids is 1. The predicted molar refractivity (Wildman–Crippen MR) is 80.5 cm³/mol. The fourth-order valence-electron chi connectivity index (χ4n) is 2.69. The Kier molecular flexibility index (Phi) is 5.98. The molecule has 0 aliphatic heterocycles. The Balaban J connectivity index is 1.79. The van der Waals surface area contributed by atoms with Gasteiger partial charge in [0.05, 0.1) is 23.9 Å². The van der Waals surface area contributed by atoms with E-state index < -0.39 is 0 Å². The summed E-state index contributed by atoms with van der Waals surface area (Å²) in [5, 5.41) is 4.87. The fraction of sp³-hybridized carbons (Fsp3) is 0.733. The molecular formula is C15H24N2O2S. The molecule has 5 heteroatoms. The minimum Gasteiger partial charge on any atom is -0.365 e. The average Bonchev–Trinajstić information content (AvgIpc) is 2.95. The van der Waals surface area contributed by atoms with Gasteiger partial charge in [0, 0.05) is 5.38 Å². The second-order valence-corrected chi connectivity index (χ2v) is 6.34. The minimum absolute atomic E-state index is 0.0151. The van der Waals surface area contributed by atoms with E-state index in [4.69, 9.17) is 4.74 Å². The molecule has 0 unspecified atom stereocenters. The molecule has 0 aromatic carbocycles. The maximum absolute atomic E-state index is 12.2. The highest BCUT2D eigenvalue weighted by molar-refractivity contribution is 7.07. The Morgan fingerprint density at radius 3 is 3.10 bits per heavy atom. The number of ether oxygens (including phenoxy) is 1. The number of nitrogens with one attached hydrogen (secondary N) is 1. The molecule has 0 saturated heterocycles. The molecule has 1 amide bonds. The van der Waals surface area contributed by atoms with Crippen LogP contribution in [0.5, 0.6) is 0 Å². The van der Waals surface area contributed by atoms with Crippen molar-refractivity contribution < 1.29 is 9.53 Å². The number of thiazole rings is 1. The molecule has 1 aromatic rings. The van der Waals surface area contributed by atoms with Gasteiger partial charge in [-0.05, 0) is 25.2 Å². The molecule has 0 bridgehead atoms. The molecule has 112 valence electrons. The predicted octanol–water partition coefficient (Wildman–Crippen LogP) is 3.13. The van der Waals surface area contributed by atoms with Crippen LogP contribution in [0, 0.1) is 5.92 Å². The van der Waals surface area contributed by atoms with E-state index in [1.807, 2.05) is 12.3 Å². The largest absolute Gasteiger partial charge is 0.365 e. The van der Waals surface area contributed by atoms with Crippen LogP contribution in [0.4, 0.5) is 0 Å². The van der Waals surface area contributed by atoms with Crippen LogP contribution in [-0.4, -0.2) is 23.1 Å². The van der Waals surface area contributed by atoms with E-state index in [1.165, 1.54) is 12.8 Å². The molecule has 2 rings (SSSR count). The van der Waals surface area contributed by atoms with Crippen LogP contribution >= 0.6 is 11.3 Å². The summed E-state index contributed by atoms with van der Waals surface area (Å²) in [5.74, 6) is 0.697. The lowest BCUT2D eigenvalue weighted by atomic mass is 9.88. The van der Waals surface area contributed by atoms with Crippen LogP contribution in [-0.2, 0) is 16.1 Å². The van der Waals surface area contributed by atoms with Crippen molar-refractivity contribution in [2.45, 2.75) is 64.7 Å². The summed E-state index contributed by atoms with van der Waals surface area (Å²) >= 11 is 1.54. The second kappa shape index (κ2) is 7.74. The number of carbonyl (C=O) groups is 1. The SMILES string of the molecule is CC[C@H](O[C@@H]1CCC[C@@H](C)C1)C(=O)NCc1cscn1. The van der Waals surface area contributed by atoms with Gasteiger partial charge in [-0.15, -0.1) is 11.3 Å². The number of rotatable bonds is 6. The van der Waals surface area contributed by atoms with Crippen LogP contribution in [0.2, 0.25) is 0 Å². The zero-order chi connectivity index (χ0) is 14.4. The van der Waals surface area contributed by atoms with Crippen LogP contribution in [0.3, 0.4) is 0 Å². The van der Waals surface area contributed by atoms with E-state index in [0.717, 1.165) is 18.5 Å². The number of hydrogen-bond acceptors (Lipinski definition) is 4. The van der Waals surface area contributed by atoms with E-state index in [9.17, 15) is 4.79 Å². The molecule has 1 fully saturated rings. The van der Waals surface area contributed by atoms with Gasteiger partial charge < -0.3 is 10.1 Å². The van der Waals surface area contributed by atoms with Gasteiger partial charge >= 0.3 is 0 Å². The van der Waals surface area contributed by atoms with E-state index in [-0.39, 0.29) is 18.1 Å².